The molecule has 0 saturated carbocycles. The molecule has 1 amide bonds. The number of fused-ring (bicyclic) bond motifs is 1. The Morgan fingerprint density at radius 1 is 0.968 bits per heavy atom. The third-order valence-corrected chi connectivity index (χ3v) is 5.67. The second-order valence-corrected chi connectivity index (χ2v) is 8.15. The Kier molecular flexibility index (Phi) is 6.46. The maximum Gasteiger partial charge on any atom is 0.224 e. The minimum Gasteiger partial charge on any atom is -0.356 e. The van der Waals surface area contributed by atoms with Crippen LogP contribution in [0, 0.1) is 13.8 Å². The van der Waals surface area contributed by atoms with Crippen molar-refractivity contribution in [3.63, 3.8) is 0 Å². The molecule has 0 spiro atoms. The van der Waals surface area contributed by atoms with E-state index in [0.29, 0.717) is 13.0 Å². The molecule has 158 valence electrons. The van der Waals surface area contributed by atoms with E-state index < -0.39 is 0 Å². The van der Waals surface area contributed by atoms with Crippen LogP contribution in [0.1, 0.15) is 34.5 Å². The Hall–Kier alpha value is -3.40. The van der Waals surface area contributed by atoms with Gasteiger partial charge in [0.2, 0.25) is 5.91 Å². The normalized spacial score (nSPS) is 11.0. The highest BCUT2D eigenvalue weighted by atomic mass is 16.1. The summed E-state index contributed by atoms with van der Waals surface area (Å²) in [4.78, 5) is 17.1. The molecule has 1 N–H and O–H groups in total. The number of imidazole rings is 1. The first-order chi connectivity index (χ1) is 15.1. The van der Waals surface area contributed by atoms with Gasteiger partial charge in [-0.25, -0.2) is 4.98 Å². The van der Waals surface area contributed by atoms with Crippen molar-refractivity contribution < 1.29 is 4.79 Å². The number of amides is 1. The summed E-state index contributed by atoms with van der Waals surface area (Å²) >= 11 is 0. The number of benzene rings is 3. The summed E-state index contributed by atoms with van der Waals surface area (Å²) in [7, 11) is 0. The molecule has 0 fully saturated rings. The van der Waals surface area contributed by atoms with Crippen LogP contribution in [0.4, 0.5) is 0 Å². The Labute approximate surface area is 183 Å². The number of aryl methyl sites for hydroxylation is 3. The second kappa shape index (κ2) is 9.61. The smallest absolute Gasteiger partial charge is 0.224 e. The van der Waals surface area contributed by atoms with E-state index in [0.717, 1.165) is 41.8 Å². The zero-order chi connectivity index (χ0) is 21.6. The number of carbonyl (C=O) groups is 1. The van der Waals surface area contributed by atoms with Gasteiger partial charge in [-0.3, -0.25) is 4.79 Å². The SMILES string of the molecule is Cc1ccc(C)c(Cn2c(CCCNC(=O)Cc3ccccc3)nc3ccccc32)c1. The lowest BCUT2D eigenvalue weighted by Crippen LogP contribution is -2.26. The van der Waals surface area contributed by atoms with Crippen LogP contribution in [0.3, 0.4) is 0 Å². The molecular weight excluding hydrogens is 382 g/mol. The summed E-state index contributed by atoms with van der Waals surface area (Å²) in [5.41, 5.74) is 7.11. The molecule has 0 radical (unpaired) electrons. The Balaban J connectivity index is 1.43. The van der Waals surface area contributed by atoms with Gasteiger partial charge in [0.25, 0.3) is 0 Å². The first kappa shape index (κ1) is 20.9. The van der Waals surface area contributed by atoms with E-state index in [2.05, 4.69) is 60.1 Å². The first-order valence-corrected chi connectivity index (χ1v) is 10.9. The third-order valence-electron chi connectivity index (χ3n) is 5.67. The van der Waals surface area contributed by atoms with Gasteiger partial charge in [0.05, 0.1) is 17.5 Å². The van der Waals surface area contributed by atoms with Crippen LogP contribution in [-0.2, 0) is 24.2 Å². The van der Waals surface area contributed by atoms with Crippen LogP contribution in [0.5, 0.6) is 0 Å². The van der Waals surface area contributed by atoms with Gasteiger partial charge in [0.1, 0.15) is 5.82 Å². The molecule has 4 rings (SSSR count). The van der Waals surface area contributed by atoms with E-state index in [4.69, 9.17) is 4.98 Å². The zero-order valence-corrected chi connectivity index (χ0v) is 18.3. The first-order valence-electron chi connectivity index (χ1n) is 10.9. The van der Waals surface area contributed by atoms with E-state index in [-0.39, 0.29) is 5.91 Å². The van der Waals surface area contributed by atoms with Crippen LogP contribution < -0.4 is 5.32 Å². The van der Waals surface area contributed by atoms with Crippen LogP contribution >= 0.6 is 0 Å². The third kappa shape index (κ3) is 5.21. The van der Waals surface area contributed by atoms with Crippen molar-refractivity contribution in [3.05, 3.63) is 101 Å². The van der Waals surface area contributed by atoms with Crippen molar-refractivity contribution in [1.82, 2.24) is 14.9 Å². The van der Waals surface area contributed by atoms with Crippen molar-refractivity contribution in [1.29, 1.82) is 0 Å². The Bertz CT molecular complexity index is 1180. The average molecular weight is 412 g/mol. The lowest BCUT2D eigenvalue weighted by atomic mass is 10.1. The summed E-state index contributed by atoms with van der Waals surface area (Å²) in [5, 5.41) is 3.04. The van der Waals surface area contributed by atoms with Gasteiger partial charge in [0.15, 0.2) is 0 Å². The van der Waals surface area contributed by atoms with E-state index in [1.54, 1.807) is 0 Å². The average Bonchev–Trinajstić information content (AvgIpc) is 3.12. The van der Waals surface area contributed by atoms with E-state index in [1.807, 2.05) is 36.4 Å². The van der Waals surface area contributed by atoms with Crippen molar-refractivity contribution >= 4 is 16.9 Å². The lowest BCUT2D eigenvalue weighted by Gasteiger charge is -2.13. The monoisotopic (exact) mass is 411 g/mol. The fourth-order valence-corrected chi connectivity index (χ4v) is 3.95. The molecule has 1 heterocycles. The standard InChI is InChI=1S/C27H29N3O/c1-20-14-15-21(2)23(17-20)19-30-25-12-7-6-11-24(25)29-26(30)13-8-16-28-27(31)18-22-9-4-3-5-10-22/h3-7,9-12,14-15,17H,8,13,16,18-19H2,1-2H3,(H,28,31). The minimum atomic E-state index is 0.0649. The van der Waals surface area contributed by atoms with Gasteiger partial charge in [-0.05, 0) is 49.1 Å². The summed E-state index contributed by atoms with van der Waals surface area (Å²) < 4.78 is 2.32. The van der Waals surface area contributed by atoms with Gasteiger partial charge in [-0.2, -0.15) is 0 Å². The van der Waals surface area contributed by atoms with Crippen molar-refractivity contribution in [2.45, 2.75) is 39.7 Å². The molecule has 1 aromatic heterocycles. The van der Waals surface area contributed by atoms with Crippen LogP contribution in [0.2, 0.25) is 0 Å². The van der Waals surface area contributed by atoms with Gasteiger partial charge in [-0.15, -0.1) is 0 Å². The van der Waals surface area contributed by atoms with Gasteiger partial charge >= 0.3 is 0 Å². The van der Waals surface area contributed by atoms with Crippen LogP contribution in [0.15, 0.2) is 72.8 Å². The van der Waals surface area contributed by atoms with Crippen molar-refractivity contribution in [2.75, 3.05) is 6.54 Å². The zero-order valence-electron chi connectivity index (χ0n) is 18.3. The summed E-state index contributed by atoms with van der Waals surface area (Å²) in [6.07, 6.45) is 2.10. The molecular formula is C27H29N3O. The number of para-hydroxylation sites is 2. The maximum absolute atomic E-state index is 12.2. The number of nitrogens with zero attached hydrogens (tertiary/aromatic N) is 2. The van der Waals surface area contributed by atoms with E-state index in [1.165, 1.54) is 16.7 Å². The number of hydrogen-bond acceptors (Lipinski definition) is 2. The fraction of sp³-hybridized carbons (Fsp3) is 0.259. The van der Waals surface area contributed by atoms with Gasteiger partial charge in [-0.1, -0.05) is 66.2 Å². The molecule has 0 aliphatic carbocycles. The molecule has 0 aliphatic rings. The van der Waals surface area contributed by atoms with Crippen molar-refractivity contribution in [3.8, 4) is 0 Å². The number of hydrogen-bond donors (Lipinski definition) is 1. The molecule has 0 aliphatic heterocycles. The number of carbonyl (C=O) groups excluding carboxylic acids is 1. The number of nitrogens with one attached hydrogen (secondary N) is 1. The second-order valence-electron chi connectivity index (χ2n) is 8.15. The highest BCUT2D eigenvalue weighted by Gasteiger charge is 2.12. The Morgan fingerprint density at radius 3 is 2.58 bits per heavy atom. The topological polar surface area (TPSA) is 46.9 Å². The van der Waals surface area contributed by atoms with Gasteiger partial charge < -0.3 is 9.88 Å². The minimum absolute atomic E-state index is 0.0649. The predicted octanol–water partition coefficient (Wildman–Crippen LogP) is 4.99. The highest BCUT2D eigenvalue weighted by molar-refractivity contribution is 5.78. The highest BCUT2D eigenvalue weighted by Crippen LogP contribution is 2.21. The van der Waals surface area contributed by atoms with Gasteiger partial charge in [0, 0.05) is 19.5 Å². The molecule has 31 heavy (non-hydrogen) atoms. The predicted molar refractivity (Wildman–Crippen MR) is 126 cm³/mol. The van der Waals surface area contributed by atoms with Crippen LogP contribution in [-0.4, -0.2) is 22.0 Å². The van der Waals surface area contributed by atoms with Crippen molar-refractivity contribution in [2.24, 2.45) is 0 Å². The molecule has 0 saturated heterocycles. The number of aromatic nitrogens is 2. The summed E-state index contributed by atoms with van der Waals surface area (Å²) in [6, 6.07) is 24.8. The molecule has 0 unspecified atom stereocenters. The number of rotatable bonds is 8. The molecule has 4 aromatic rings. The molecule has 4 heteroatoms. The molecule has 0 bridgehead atoms. The maximum atomic E-state index is 12.2. The van der Waals surface area contributed by atoms with Crippen LogP contribution in [0.25, 0.3) is 11.0 Å². The molecule has 4 nitrogen and oxygen atoms in total. The quantitative estimate of drug-likeness (QED) is 0.415. The molecule has 0 atom stereocenters. The fourth-order valence-electron chi connectivity index (χ4n) is 3.95. The van der Waals surface area contributed by atoms with E-state index in [9.17, 15) is 4.79 Å². The summed E-state index contributed by atoms with van der Waals surface area (Å²) in [5.74, 6) is 1.13. The van der Waals surface area contributed by atoms with E-state index >= 15 is 0 Å². The molecule has 3 aromatic carbocycles. The lowest BCUT2D eigenvalue weighted by molar-refractivity contribution is -0.120. The summed E-state index contributed by atoms with van der Waals surface area (Å²) in [6.45, 7) is 5.76. The Morgan fingerprint density at radius 2 is 1.74 bits per heavy atom. The largest absolute Gasteiger partial charge is 0.356 e.